The molecule has 0 saturated carbocycles. The van der Waals surface area contributed by atoms with Crippen LogP contribution in [0, 0.1) is 17.0 Å². The fourth-order valence-electron chi connectivity index (χ4n) is 2.77. The number of hydrogen-bond acceptors (Lipinski definition) is 3. The first kappa shape index (κ1) is 19.8. The summed E-state index contributed by atoms with van der Waals surface area (Å²) in [6.45, 7) is 6.92. The molecular weight excluding hydrogens is 350 g/mol. The fraction of sp³-hybridized carbons (Fsp3) is 0.588. The van der Waals surface area contributed by atoms with Crippen LogP contribution in [0.25, 0.3) is 0 Å². The molecule has 0 radical (unpaired) electrons. The number of amides is 1. The summed E-state index contributed by atoms with van der Waals surface area (Å²) < 4.78 is 53.3. The van der Waals surface area contributed by atoms with Gasteiger partial charge in [0.25, 0.3) is 0 Å². The van der Waals surface area contributed by atoms with Gasteiger partial charge in [0.1, 0.15) is 16.5 Å². The lowest BCUT2D eigenvalue weighted by Gasteiger charge is -2.25. The minimum Gasteiger partial charge on any atom is -0.341 e. The van der Waals surface area contributed by atoms with Crippen LogP contribution in [0.5, 0.6) is 0 Å². The molecule has 1 heterocycles. The van der Waals surface area contributed by atoms with Crippen molar-refractivity contribution in [3.05, 3.63) is 29.8 Å². The summed E-state index contributed by atoms with van der Waals surface area (Å²) in [5, 5.41) is 0. The largest absolute Gasteiger partial charge is 0.341 e. The zero-order chi connectivity index (χ0) is 18.8. The second-order valence-corrected chi connectivity index (χ2v) is 9.36. The van der Waals surface area contributed by atoms with Gasteiger partial charge in [0.2, 0.25) is 15.9 Å². The van der Waals surface area contributed by atoms with Gasteiger partial charge < -0.3 is 4.90 Å². The van der Waals surface area contributed by atoms with Crippen molar-refractivity contribution in [3.8, 4) is 0 Å². The molecule has 0 spiro atoms. The van der Waals surface area contributed by atoms with Gasteiger partial charge in [-0.3, -0.25) is 4.79 Å². The molecule has 0 N–H and O–H groups in total. The minimum absolute atomic E-state index is 0.0142. The number of carbonyl (C=O) groups excluding carboxylic acids is 1. The molecule has 0 atom stereocenters. The third-order valence-electron chi connectivity index (χ3n) is 4.00. The Labute approximate surface area is 147 Å². The van der Waals surface area contributed by atoms with E-state index in [-0.39, 0.29) is 31.0 Å². The first-order valence-electron chi connectivity index (χ1n) is 8.24. The van der Waals surface area contributed by atoms with Crippen LogP contribution in [0.15, 0.2) is 23.1 Å². The smallest absolute Gasteiger partial charge is 0.246 e. The number of carbonyl (C=O) groups is 1. The van der Waals surface area contributed by atoms with Crippen LogP contribution in [-0.2, 0) is 14.8 Å². The van der Waals surface area contributed by atoms with Gasteiger partial charge in [-0.2, -0.15) is 4.31 Å². The molecule has 140 valence electrons. The van der Waals surface area contributed by atoms with Crippen molar-refractivity contribution in [2.45, 2.75) is 38.5 Å². The number of rotatable bonds is 3. The van der Waals surface area contributed by atoms with Crippen molar-refractivity contribution < 1.29 is 22.0 Å². The molecular formula is C17H24F2N2O3S. The van der Waals surface area contributed by atoms with Gasteiger partial charge in [0, 0.05) is 38.7 Å². The number of hydrogen-bond donors (Lipinski definition) is 0. The van der Waals surface area contributed by atoms with Crippen LogP contribution < -0.4 is 0 Å². The Morgan fingerprint density at radius 1 is 1.12 bits per heavy atom. The third-order valence-corrected chi connectivity index (χ3v) is 5.93. The summed E-state index contributed by atoms with van der Waals surface area (Å²) in [5.74, 6) is -1.95. The van der Waals surface area contributed by atoms with E-state index in [4.69, 9.17) is 0 Å². The molecule has 8 heteroatoms. The lowest BCUT2D eigenvalue weighted by atomic mass is 9.91. The Bertz CT molecular complexity index is 745. The molecule has 0 aromatic heterocycles. The van der Waals surface area contributed by atoms with E-state index in [9.17, 15) is 22.0 Å². The molecule has 0 unspecified atom stereocenters. The van der Waals surface area contributed by atoms with Crippen LogP contribution in [-0.4, -0.2) is 49.7 Å². The summed E-state index contributed by atoms with van der Waals surface area (Å²) >= 11 is 0. The highest BCUT2D eigenvalue weighted by Crippen LogP contribution is 2.23. The quantitative estimate of drug-likeness (QED) is 0.817. The standard InChI is InChI=1S/C17H24F2N2O3S/c1-17(2,3)12-16(22)20-7-4-8-21(10-9-20)25(23,24)15-6-5-13(18)11-14(15)19/h5-6,11H,4,7-10,12H2,1-3H3. The van der Waals surface area contributed by atoms with Crippen molar-refractivity contribution >= 4 is 15.9 Å². The average Bonchev–Trinajstić information content (AvgIpc) is 2.71. The van der Waals surface area contributed by atoms with E-state index >= 15 is 0 Å². The molecule has 1 amide bonds. The van der Waals surface area contributed by atoms with Gasteiger partial charge in [0.05, 0.1) is 0 Å². The number of nitrogens with zero attached hydrogens (tertiary/aromatic N) is 2. The Morgan fingerprint density at radius 3 is 2.40 bits per heavy atom. The summed E-state index contributed by atoms with van der Waals surface area (Å²) in [7, 11) is -4.06. The zero-order valence-electron chi connectivity index (χ0n) is 14.8. The van der Waals surface area contributed by atoms with Crippen LogP contribution in [0.3, 0.4) is 0 Å². The summed E-state index contributed by atoms with van der Waals surface area (Å²) in [6.07, 6.45) is 0.851. The third kappa shape index (κ3) is 4.98. The van der Waals surface area contributed by atoms with Gasteiger partial charge in [-0.25, -0.2) is 17.2 Å². The maximum absolute atomic E-state index is 13.9. The van der Waals surface area contributed by atoms with Gasteiger partial charge >= 0.3 is 0 Å². The van der Waals surface area contributed by atoms with E-state index in [1.807, 2.05) is 20.8 Å². The van der Waals surface area contributed by atoms with E-state index in [1.165, 1.54) is 0 Å². The Hall–Kier alpha value is -1.54. The summed E-state index contributed by atoms with van der Waals surface area (Å²) in [5.41, 5.74) is -0.146. The molecule has 1 saturated heterocycles. The molecule has 1 fully saturated rings. The normalized spacial score (nSPS) is 17.4. The van der Waals surface area contributed by atoms with Crippen LogP contribution >= 0.6 is 0 Å². The monoisotopic (exact) mass is 374 g/mol. The fourth-order valence-corrected chi connectivity index (χ4v) is 4.29. The highest BCUT2D eigenvalue weighted by Gasteiger charge is 2.31. The second-order valence-electron chi connectivity index (χ2n) is 7.45. The molecule has 1 aliphatic rings. The van der Waals surface area contributed by atoms with Crippen molar-refractivity contribution in [3.63, 3.8) is 0 Å². The topological polar surface area (TPSA) is 57.7 Å². The molecule has 5 nitrogen and oxygen atoms in total. The maximum atomic E-state index is 13.9. The van der Waals surface area contributed by atoms with Crippen molar-refractivity contribution in [1.82, 2.24) is 9.21 Å². The van der Waals surface area contributed by atoms with E-state index in [0.717, 1.165) is 16.4 Å². The lowest BCUT2D eigenvalue weighted by molar-refractivity contribution is -0.132. The number of benzene rings is 1. The number of halogens is 2. The molecule has 1 aromatic carbocycles. The highest BCUT2D eigenvalue weighted by molar-refractivity contribution is 7.89. The summed E-state index contributed by atoms with van der Waals surface area (Å²) in [6, 6.07) is 2.42. The van der Waals surface area contributed by atoms with E-state index < -0.39 is 26.6 Å². The van der Waals surface area contributed by atoms with Crippen LogP contribution in [0.2, 0.25) is 0 Å². The Kier molecular flexibility index (Phi) is 5.83. The van der Waals surface area contributed by atoms with Crippen molar-refractivity contribution in [2.75, 3.05) is 26.2 Å². The number of sulfonamides is 1. The lowest BCUT2D eigenvalue weighted by Crippen LogP contribution is -2.38. The minimum atomic E-state index is -4.06. The summed E-state index contributed by atoms with van der Waals surface area (Å²) in [4.78, 5) is 13.5. The van der Waals surface area contributed by atoms with E-state index in [1.54, 1.807) is 4.90 Å². The molecule has 0 bridgehead atoms. The molecule has 25 heavy (non-hydrogen) atoms. The van der Waals surface area contributed by atoms with Crippen LogP contribution in [0.4, 0.5) is 8.78 Å². The van der Waals surface area contributed by atoms with E-state index in [0.29, 0.717) is 25.5 Å². The first-order valence-corrected chi connectivity index (χ1v) is 9.68. The van der Waals surface area contributed by atoms with Gasteiger partial charge in [0.15, 0.2) is 0 Å². The van der Waals surface area contributed by atoms with Crippen LogP contribution in [0.1, 0.15) is 33.6 Å². The van der Waals surface area contributed by atoms with E-state index in [2.05, 4.69) is 0 Å². The Morgan fingerprint density at radius 2 is 1.80 bits per heavy atom. The predicted octanol–water partition coefficient (Wildman–Crippen LogP) is 2.62. The maximum Gasteiger partial charge on any atom is 0.246 e. The highest BCUT2D eigenvalue weighted by atomic mass is 32.2. The Balaban J connectivity index is 2.13. The van der Waals surface area contributed by atoms with Gasteiger partial charge in [-0.1, -0.05) is 20.8 Å². The molecule has 1 aromatic rings. The second kappa shape index (κ2) is 7.37. The van der Waals surface area contributed by atoms with Crippen molar-refractivity contribution in [1.29, 1.82) is 0 Å². The molecule has 0 aliphatic carbocycles. The predicted molar refractivity (Wildman–Crippen MR) is 90.4 cm³/mol. The average molecular weight is 374 g/mol. The SMILES string of the molecule is CC(C)(C)CC(=O)N1CCCN(S(=O)(=O)c2ccc(F)cc2F)CC1. The molecule has 1 aliphatic heterocycles. The zero-order valence-corrected chi connectivity index (χ0v) is 15.6. The van der Waals surface area contributed by atoms with Gasteiger partial charge in [-0.05, 0) is 24.0 Å². The van der Waals surface area contributed by atoms with Gasteiger partial charge in [-0.15, -0.1) is 0 Å². The first-order chi connectivity index (χ1) is 11.5. The van der Waals surface area contributed by atoms with Crippen molar-refractivity contribution in [2.24, 2.45) is 5.41 Å². The molecule has 2 rings (SSSR count).